The average molecular weight is 184 g/mol. The SMILES string of the molecule is C[NH+](C)C.NC(=O)P(=O)([O-])[O-].[H+]. The molecular formula is C4H13N2O4P. The Balaban J connectivity index is -0.000000142. The zero-order valence-electron chi connectivity index (χ0n) is 7.66. The lowest BCUT2D eigenvalue weighted by atomic mass is 11.0. The van der Waals surface area contributed by atoms with Crippen molar-refractivity contribution in [1.29, 1.82) is 0 Å². The van der Waals surface area contributed by atoms with Crippen molar-refractivity contribution in [1.82, 2.24) is 0 Å². The smallest absolute Gasteiger partial charge is 0.804 e. The molecule has 11 heavy (non-hydrogen) atoms. The zero-order valence-corrected chi connectivity index (χ0v) is 7.55. The van der Waals surface area contributed by atoms with Gasteiger partial charge >= 0.3 is 1.43 Å². The van der Waals surface area contributed by atoms with Crippen molar-refractivity contribution in [2.45, 2.75) is 0 Å². The average Bonchev–Trinajstić information content (AvgIpc) is 1.59. The molecule has 0 radical (unpaired) electrons. The van der Waals surface area contributed by atoms with Crippen molar-refractivity contribution in [3.63, 3.8) is 0 Å². The topological polar surface area (TPSA) is 111 Å². The Kier molecular flexibility index (Phi) is 6.31. The summed E-state index contributed by atoms with van der Waals surface area (Å²) in [6.07, 6.45) is 0. The highest BCUT2D eigenvalue weighted by atomic mass is 31.2. The van der Waals surface area contributed by atoms with E-state index in [1.165, 1.54) is 4.90 Å². The highest BCUT2D eigenvalue weighted by Gasteiger charge is 1.94. The number of hydrogen-bond acceptors (Lipinski definition) is 4. The molecule has 0 atom stereocenters. The lowest BCUT2D eigenvalue weighted by Crippen LogP contribution is -3.02. The summed E-state index contributed by atoms with van der Waals surface area (Å²) in [7, 11) is 1.15. The molecule has 0 bridgehead atoms. The molecule has 0 saturated carbocycles. The van der Waals surface area contributed by atoms with E-state index in [4.69, 9.17) is 0 Å². The van der Waals surface area contributed by atoms with E-state index < -0.39 is 13.2 Å². The van der Waals surface area contributed by atoms with E-state index in [9.17, 15) is 19.1 Å². The maximum absolute atomic E-state index is 9.35. The van der Waals surface area contributed by atoms with Crippen LogP contribution in [0.2, 0.25) is 0 Å². The molecule has 0 aromatic heterocycles. The van der Waals surface area contributed by atoms with Gasteiger partial charge in [0, 0.05) is 7.60 Å². The van der Waals surface area contributed by atoms with Crippen LogP contribution < -0.4 is 20.4 Å². The Morgan fingerprint density at radius 2 is 1.55 bits per heavy atom. The molecule has 68 valence electrons. The standard InChI is InChI=1S/C3H9N.CH4NO4P/c1-4(2)3;2-1(3)7(4,5)6/h1-3H3;(H2,2,3)(H2,4,5,6). The number of carbonyl (C=O) groups excluding carboxylic acids is 1. The first-order chi connectivity index (χ1) is 4.68. The minimum absolute atomic E-state index is 0. The zero-order chi connectivity index (χ0) is 9.65. The number of nitrogens with one attached hydrogen (secondary N) is 1. The summed E-state index contributed by atoms with van der Waals surface area (Å²) in [6.45, 7) is 0. The van der Waals surface area contributed by atoms with Crippen LogP contribution in [-0.2, 0) is 4.57 Å². The molecule has 0 aromatic carbocycles. The van der Waals surface area contributed by atoms with Crippen LogP contribution in [0.5, 0.6) is 0 Å². The minimum atomic E-state index is -5.10. The molecule has 0 unspecified atom stereocenters. The van der Waals surface area contributed by atoms with Gasteiger partial charge in [0.1, 0.15) is 0 Å². The van der Waals surface area contributed by atoms with E-state index in [0.717, 1.165) is 0 Å². The normalized spacial score (nSPS) is 10.4. The Labute approximate surface area is 66.6 Å². The van der Waals surface area contributed by atoms with Gasteiger partial charge in [0.2, 0.25) is 5.65 Å². The van der Waals surface area contributed by atoms with E-state index in [1.807, 2.05) is 0 Å². The van der Waals surface area contributed by atoms with Crippen LogP contribution in [0.25, 0.3) is 0 Å². The van der Waals surface area contributed by atoms with E-state index in [0.29, 0.717) is 0 Å². The van der Waals surface area contributed by atoms with Gasteiger partial charge < -0.3 is 25.0 Å². The molecule has 3 N–H and O–H groups in total. The fraction of sp³-hybridized carbons (Fsp3) is 0.750. The largest absolute Gasteiger partial charge is 1.00 e. The summed E-state index contributed by atoms with van der Waals surface area (Å²) in [5.74, 6) is 0. The second kappa shape index (κ2) is 5.26. The van der Waals surface area contributed by atoms with Gasteiger partial charge in [0.25, 0.3) is 0 Å². The third-order valence-corrected chi connectivity index (χ3v) is 0.810. The van der Waals surface area contributed by atoms with Crippen molar-refractivity contribution in [3.05, 3.63) is 0 Å². The fourth-order valence-corrected chi connectivity index (χ4v) is 0. The van der Waals surface area contributed by atoms with Crippen LogP contribution in [0.1, 0.15) is 1.43 Å². The third kappa shape index (κ3) is 17.7. The van der Waals surface area contributed by atoms with Crippen molar-refractivity contribution in [3.8, 4) is 0 Å². The van der Waals surface area contributed by atoms with Gasteiger partial charge in [-0.1, -0.05) is 0 Å². The van der Waals surface area contributed by atoms with Gasteiger partial charge in [-0.2, -0.15) is 0 Å². The molecule has 6 nitrogen and oxygen atoms in total. The highest BCUT2D eigenvalue weighted by molar-refractivity contribution is 7.67. The van der Waals surface area contributed by atoms with Crippen molar-refractivity contribution >= 4 is 13.2 Å². The van der Waals surface area contributed by atoms with Crippen molar-refractivity contribution < 1.29 is 25.5 Å². The number of hydrogen-bond donors (Lipinski definition) is 2. The molecule has 7 heteroatoms. The van der Waals surface area contributed by atoms with Crippen molar-refractivity contribution in [2.24, 2.45) is 5.73 Å². The van der Waals surface area contributed by atoms with Crippen LogP contribution in [0, 0.1) is 0 Å². The molecule has 0 aliphatic rings. The van der Waals surface area contributed by atoms with Crippen molar-refractivity contribution in [2.75, 3.05) is 21.1 Å². The number of amides is 1. The number of quaternary nitrogens is 1. The van der Waals surface area contributed by atoms with Crippen LogP contribution in [-0.4, -0.2) is 26.8 Å². The number of rotatable bonds is 1. The van der Waals surface area contributed by atoms with Gasteiger partial charge in [0.15, 0.2) is 0 Å². The summed E-state index contributed by atoms with van der Waals surface area (Å²) >= 11 is 0. The summed E-state index contributed by atoms with van der Waals surface area (Å²) in [4.78, 5) is 29.4. The van der Waals surface area contributed by atoms with E-state index in [-0.39, 0.29) is 1.43 Å². The molecule has 0 heterocycles. The van der Waals surface area contributed by atoms with Gasteiger partial charge in [-0.3, -0.25) is 4.79 Å². The number of nitrogens with two attached hydrogens (primary N) is 1. The minimum Gasteiger partial charge on any atom is -0.804 e. The van der Waals surface area contributed by atoms with Crippen LogP contribution in [0.15, 0.2) is 0 Å². The first-order valence-electron chi connectivity index (χ1n) is 2.76. The predicted molar refractivity (Wildman–Crippen MR) is 37.0 cm³/mol. The molecule has 0 fully saturated rings. The van der Waals surface area contributed by atoms with Crippen LogP contribution in [0.3, 0.4) is 0 Å². The van der Waals surface area contributed by atoms with E-state index >= 15 is 0 Å². The molecule has 0 rings (SSSR count). The molecular weight excluding hydrogens is 171 g/mol. The van der Waals surface area contributed by atoms with Gasteiger partial charge in [-0.25, -0.2) is 0 Å². The fourth-order valence-electron chi connectivity index (χ4n) is 0. The second-order valence-corrected chi connectivity index (χ2v) is 3.77. The maximum Gasteiger partial charge on any atom is 1.00 e. The Morgan fingerprint density at radius 3 is 1.55 bits per heavy atom. The first-order valence-corrected chi connectivity index (χ1v) is 4.31. The lowest BCUT2D eigenvalue weighted by Gasteiger charge is -2.23. The molecule has 0 saturated heterocycles. The molecule has 0 aromatic rings. The third-order valence-electron chi connectivity index (χ3n) is 0.270. The second-order valence-electron chi connectivity index (χ2n) is 2.34. The Morgan fingerprint density at radius 1 is 1.45 bits per heavy atom. The number of primary amides is 1. The first kappa shape index (κ1) is 13.2. The van der Waals surface area contributed by atoms with Gasteiger partial charge in [-0.05, 0) is 0 Å². The van der Waals surface area contributed by atoms with E-state index in [2.05, 4.69) is 26.9 Å². The molecule has 0 spiro atoms. The monoisotopic (exact) mass is 184 g/mol. The predicted octanol–water partition coefficient (Wildman–Crippen LogP) is -3.15. The maximum atomic E-state index is 9.35. The Bertz CT molecular complexity index is 166. The summed E-state index contributed by atoms with van der Waals surface area (Å²) in [6, 6.07) is 0. The van der Waals surface area contributed by atoms with Crippen LogP contribution >= 0.6 is 7.60 Å². The van der Waals surface area contributed by atoms with Gasteiger partial charge in [-0.15, -0.1) is 0 Å². The molecule has 1 amide bonds. The molecule has 0 aliphatic heterocycles. The highest BCUT2D eigenvalue weighted by Crippen LogP contribution is 2.20. The van der Waals surface area contributed by atoms with Gasteiger partial charge in [0.05, 0.1) is 21.1 Å². The summed E-state index contributed by atoms with van der Waals surface area (Å²) in [5.41, 5.74) is 2.23. The summed E-state index contributed by atoms with van der Waals surface area (Å²) in [5, 5.41) is 0. The Hall–Kier alpha value is -0.420. The quantitative estimate of drug-likeness (QED) is 0.419. The van der Waals surface area contributed by atoms with Crippen LogP contribution in [0.4, 0.5) is 4.79 Å². The van der Waals surface area contributed by atoms with E-state index in [1.54, 1.807) is 0 Å². The number of carbonyl (C=O) groups is 1. The lowest BCUT2D eigenvalue weighted by molar-refractivity contribution is -0.836. The summed E-state index contributed by atoms with van der Waals surface area (Å²) < 4.78 is 9.33. The molecule has 0 aliphatic carbocycles.